The van der Waals surface area contributed by atoms with Crippen molar-refractivity contribution in [2.24, 2.45) is 0 Å². The predicted octanol–water partition coefficient (Wildman–Crippen LogP) is -0.718. The van der Waals surface area contributed by atoms with E-state index in [1.807, 2.05) is 42.5 Å². The van der Waals surface area contributed by atoms with Crippen molar-refractivity contribution in [1.29, 1.82) is 5.26 Å². The molecular weight excluding hydrogens is 304 g/mol. The van der Waals surface area contributed by atoms with E-state index < -0.39 is 0 Å². The van der Waals surface area contributed by atoms with Gasteiger partial charge in [-0.1, -0.05) is 35.4 Å². The minimum atomic E-state index is 0. The van der Waals surface area contributed by atoms with Crippen molar-refractivity contribution in [1.82, 2.24) is 5.10 Å². The van der Waals surface area contributed by atoms with E-state index in [4.69, 9.17) is 5.26 Å². The maximum atomic E-state index is 8.43. The van der Waals surface area contributed by atoms with Crippen molar-refractivity contribution in [3.63, 3.8) is 0 Å². The van der Waals surface area contributed by atoms with Crippen LogP contribution in [0.4, 0.5) is 5.82 Å². The highest BCUT2D eigenvalue weighted by molar-refractivity contribution is 5.58. The summed E-state index contributed by atoms with van der Waals surface area (Å²) in [5.74, 6) is 0.868. The summed E-state index contributed by atoms with van der Waals surface area (Å²) in [7, 11) is 0. The third kappa shape index (κ3) is 4.68. The lowest BCUT2D eigenvalue weighted by molar-refractivity contribution is -0.438. The number of hydrogen-bond donors (Lipinski definition) is 1. The third-order valence-electron chi connectivity index (χ3n) is 2.56. The van der Waals surface area contributed by atoms with E-state index >= 15 is 0 Å². The molecule has 1 aromatic heterocycles. The molecule has 0 aliphatic heterocycles. The van der Waals surface area contributed by atoms with Crippen LogP contribution in [0.1, 0.15) is 12.8 Å². The van der Waals surface area contributed by atoms with Gasteiger partial charge in [-0.2, -0.15) is 5.26 Å². The summed E-state index contributed by atoms with van der Waals surface area (Å²) in [4.78, 5) is 0. The van der Waals surface area contributed by atoms with Gasteiger partial charge in [-0.05, 0) is 12.5 Å². The summed E-state index contributed by atoms with van der Waals surface area (Å²) in [6.07, 6.45) is 1.41. The first-order chi connectivity index (χ1) is 8.90. The van der Waals surface area contributed by atoms with Gasteiger partial charge in [-0.25, -0.2) is 0 Å². The zero-order chi connectivity index (χ0) is 12.6. The van der Waals surface area contributed by atoms with E-state index in [-0.39, 0.29) is 17.0 Å². The van der Waals surface area contributed by atoms with Crippen molar-refractivity contribution in [3.8, 4) is 17.3 Å². The van der Waals surface area contributed by atoms with E-state index in [0.29, 0.717) is 6.42 Å². The number of hydrogen-bond acceptors (Lipinski definition) is 3. The van der Waals surface area contributed by atoms with Crippen LogP contribution in [0.3, 0.4) is 0 Å². The normalized spacial score (nSPS) is 9.21. The lowest BCUT2D eigenvalue weighted by atomic mass is 10.1. The first-order valence-corrected chi connectivity index (χ1v) is 5.95. The van der Waals surface area contributed by atoms with Crippen LogP contribution in [0.25, 0.3) is 11.3 Å². The van der Waals surface area contributed by atoms with Gasteiger partial charge >= 0.3 is 0 Å². The highest BCUT2D eigenvalue weighted by atomic mass is 79.9. The Labute approximate surface area is 123 Å². The lowest BCUT2D eigenvalue weighted by Gasteiger charge is -1.99. The average Bonchev–Trinajstić information content (AvgIpc) is 2.45. The van der Waals surface area contributed by atoms with Gasteiger partial charge in [-0.15, -0.1) is 5.10 Å². The fraction of sp³-hybridized carbons (Fsp3) is 0.214. The minimum absolute atomic E-state index is 0. The highest BCUT2D eigenvalue weighted by Crippen LogP contribution is 2.14. The summed E-state index contributed by atoms with van der Waals surface area (Å²) in [6, 6.07) is 16.1. The Morgan fingerprint density at radius 2 is 1.95 bits per heavy atom. The number of aromatic nitrogens is 2. The maximum Gasteiger partial charge on any atom is 0.292 e. The van der Waals surface area contributed by atoms with Crippen molar-refractivity contribution < 1.29 is 22.1 Å². The second-order valence-corrected chi connectivity index (χ2v) is 3.91. The number of nitrogens with zero attached hydrogens (tertiary/aromatic N) is 2. The monoisotopic (exact) mass is 318 g/mol. The van der Waals surface area contributed by atoms with Crippen LogP contribution < -0.4 is 27.4 Å². The van der Waals surface area contributed by atoms with Crippen LogP contribution in [0.5, 0.6) is 0 Å². The first kappa shape index (κ1) is 15.1. The average molecular weight is 319 g/mol. The fourth-order valence-electron chi connectivity index (χ4n) is 1.62. The molecule has 0 fully saturated rings. The molecule has 0 radical (unpaired) electrons. The van der Waals surface area contributed by atoms with Crippen LogP contribution in [0, 0.1) is 11.3 Å². The molecule has 19 heavy (non-hydrogen) atoms. The Hall–Kier alpha value is -1.93. The number of H-pyrrole nitrogens is 1. The standard InChI is InChI=1S/C14H14N4.BrH/c15-10-4-5-11-16-14-9-8-13(17-18-14)12-6-2-1-3-7-12;/h1-3,6-9H,4-5,11H2,(H,16,18);1H. The number of halogens is 1. The zero-order valence-corrected chi connectivity index (χ0v) is 12.0. The maximum absolute atomic E-state index is 8.43. The van der Waals surface area contributed by atoms with Crippen molar-refractivity contribution >= 4 is 5.82 Å². The molecule has 0 aliphatic carbocycles. The van der Waals surface area contributed by atoms with Crippen LogP contribution in [0.2, 0.25) is 0 Å². The van der Waals surface area contributed by atoms with Gasteiger partial charge in [0.1, 0.15) is 5.69 Å². The van der Waals surface area contributed by atoms with E-state index in [1.54, 1.807) is 0 Å². The number of benzene rings is 1. The van der Waals surface area contributed by atoms with Crippen LogP contribution >= 0.6 is 0 Å². The fourth-order valence-corrected chi connectivity index (χ4v) is 1.62. The van der Waals surface area contributed by atoms with Crippen molar-refractivity contribution in [2.75, 3.05) is 11.9 Å². The number of nitrogens with one attached hydrogen (secondary N) is 2. The summed E-state index contributed by atoms with van der Waals surface area (Å²) in [5, 5.41) is 18.9. The van der Waals surface area contributed by atoms with Crippen molar-refractivity contribution in [3.05, 3.63) is 42.5 Å². The Balaban J connectivity index is 0.00000180. The third-order valence-corrected chi connectivity index (χ3v) is 2.56. The predicted molar refractivity (Wildman–Crippen MR) is 69.6 cm³/mol. The minimum Gasteiger partial charge on any atom is -1.00 e. The molecule has 0 bridgehead atoms. The van der Waals surface area contributed by atoms with Crippen molar-refractivity contribution in [2.45, 2.75) is 12.8 Å². The van der Waals surface area contributed by atoms with Gasteiger partial charge in [0.15, 0.2) is 0 Å². The number of anilines is 1. The number of rotatable bonds is 5. The Morgan fingerprint density at radius 1 is 1.16 bits per heavy atom. The smallest absolute Gasteiger partial charge is 0.292 e. The van der Waals surface area contributed by atoms with Gasteiger partial charge in [0.05, 0.1) is 12.6 Å². The van der Waals surface area contributed by atoms with Gasteiger partial charge in [0.25, 0.3) is 5.82 Å². The van der Waals surface area contributed by atoms with E-state index in [1.165, 1.54) is 0 Å². The molecule has 0 saturated carbocycles. The largest absolute Gasteiger partial charge is 1.00 e. The molecule has 0 spiro atoms. The molecule has 5 heteroatoms. The SMILES string of the molecule is N#CCCCNc1ccc(-c2ccccc2)n[nH+]1.[Br-]. The molecule has 0 atom stereocenters. The van der Waals surface area contributed by atoms with Gasteiger partial charge in [0, 0.05) is 18.1 Å². The number of unbranched alkanes of at least 4 members (excludes halogenated alkanes) is 1. The molecule has 0 saturated heterocycles. The first-order valence-electron chi connectivity index (χ1n) is 5.95. The second kappa shape index (κ2) is 8.22. The molecule has 2 N–H and O–H groups in total. The number of nitriles is 1. The van der Waals surface area contributed by atoms with E-state index in [9.17, 15) is 0 Å². The molecular formula is C14H15BrN4. The highest BCUT2D eigenvalue weighted by Gasteiger charge is 2.03. The van der Waals surface area contributed by atoms with Crippen LogP contribution in [0.15, 0.2) is 42.5 Å². The Bertz CT molecular complexity index is 519. The molecule has 0 unspecified atom stereocenters. The van der Waals surface area contributed by atoms with E-state index in [2.05, 4.69) is 21.6 Å². The van der Waals surface area contributed by atoms with Gasteiger partial charge < -0.3 is 17.0 Å². The molecule has 98 valence electrons. The number of aromatic amines is 1. The van der Waals surface area contributed by atoms with Gasteiger partial charge in [-0.3, -0.25) is 5.32 Å². The molecule has 2 rings (SSSR count). The Kier molecular flexibility index (Phi) is 6.55. The summed E-state index contributed by atoms with van der Waals surface area (Å²) in [6.45, 7) is 0.774. The Morgan fingerprint density at radius 3 is 2.58 bits per heavy atom. The molecule has 1 heterocycles. The zero-order valence-electron chi connectivity index (χ0n) is 10.4. The topological polar surface area (TPSA) is 62.9 Å². The second-order valence-electron chi connectivity index (χ2n) is 3.91. The molecule has 2 aromatic rings. The van der Waals surface area contributed by atoms with Gasteiger partial charge in [0.2, 0.25) is 0 Å². The molecule has 0 aliphatic rings. The summed E-state index contributed by atoms with van der Waals surface area (Å²) < 4.78 is 0. The molecule has 4 nitrogen and oxygen atoms in total. The molecule has 0 amide bonds. The van der Waals surface area contributed by atoms with E-state index in [0.717, 1.165) is 30.0 Å². The lowest BCUT2D eigenvalue weighted by Crippen LogP contribution is -3.00. The molecule has 1 aromatic carbocycles. The van der Waals surface area contributed by atoms with Crippen LogP contribution in [-0.2, 0) is 0 Å². The summed E-state index contributed by atoms with van der Waals surface area (Å²) in [5.41, 5.74) is 2.00. The summed E-state index contributed by atoms with van der Waals surface area (Å²) >= 11 is 0. The van der Waals surface area contributed by atoms with Crippen LogP contribution in [-0.4, -0.2) is 11.6 Å². The quantitative estimate of drug-likeness (QED) is 0.740.